The maximum absolute atomic E-state index is 12.2. The van der Waals surface area contributed by atoms with Crippen LogP contribution in [0.3, 0.4) is 0 Å². The van der Waals surface area contributed by atoms with Gasteiger partial charge in [0.1, 0.15) is 11.9 Å². The normalized spacial score (nSPS) is 17.0. The zero-order chi connectivity index (χ0) is 15.0. The monoisotopic (exact) mass is 282 g/mol. The molecule has 1 N–H and O–H groups in total. The highest BCUT2D eigenvalue weighted by Crippen LogP contribution is 2.35. The van der Waals surface area contributed by atoms with E-state index in [1.54, 1.807) is 18.2 Å². The molecule has 2 aromatic carbocycles. The van der Waals surface area contributed by atoms with Crippen molar-refractivity contribution in [3.8, 4) is 5.75 Å². The van der Waals surface area contributed by atoms with Crippen LogP contribution in [0.15, 0.2) is 42.5 Å². The van der Waals surface area contributed by atoms with Gasteiger partial charge in [-0.2, -0.15) is 0 Å². The molecule has 0 fully saturated rings. The zero-order valence-electron chi connectivity index (χ0n) is 11.5. The van der Waals surface area contributed by atoms with Crippen LogP contribution in [-0.4, -0.2) is 16.9 Å². The van der Waals surface area contributed by atoms with Gasteiger partial charge in [-0.05, 0) is 36.8 Å². The number of carbonyl (C=O) groups excluding carboxylic acids is 1. The Morgan fingerprint density at radius 2 is 1.90 bits per heavy atom. The molecule has 1 unspecified atom stereocenters. The lowest BCUT2D eigenvalue weighted by atomic mass is 9.95. The fourth-order valence-electron chi connectivity index (χ4n) is 2.46. The van der Waals surface area contributed by atoms with Crippen molar-refractivity contribution in [2.24, 2.45) is 0 Å². The Balaban J connectivity index is 1.90. The summed E-state index contributed by atoms with van der Waals surface area (Å²) in [7, 11) is 0. The van der Waals surface area contributed by atoms with Crippen LogP contribution < -0.4 is 4.74 Å². The molecule has 1 aliphatic rings. The maximum atomic E-state index is 12.2. The predicted octanol–water partition coefficient (Wildman–Crippen LogP) is 3.40. The molecule has 0 aliphatic carbocycles. The maximum Gasteiger partial charge on any atom is 0.335 e. The third kappa shape index (κ3) is 2.52. The minimum absolute atomic E-state index is 0.0484. The number of hydrogen-bond acceptors (Lipinski definition) is 3. The molecular formula is C17H14O4. The number of carboxylic acid groups (broad SMARTS) is 1. The van der Waals surface area contributed by atoms with Gasteiger partial charge in [-0.25, -0.2) is 4.79 Å². The molecule has 3 rings (SSSR count). The van der Waals surface area contributed by atoms with E-state index in [1.165, 1.54) is 12.1 Å². The molecule has 0 radical (unpaired) electrons. The van der Waals surface area contributed by atoms with Crippen LogP contribution in [0, 0.1) is 6.92 Å². The molecule has 0 saturated heterocycles. The number of carboxylic acids is 1. The molecule has 0 amide bonds. The SMILES string of the molecule is Cc1ccc2c(c1)C(=O)CC(c1ccc(C(=O)O)cc1)O2. The van der Waals surface area contributed by atoms with Crippen molar-refractivity contribution in [3.05, 3.63) is 64.7 Å². The second kappa shape index (κ2) is 5.05. The van der Waals surface area contributed by atoms with E-state index in [0.29, 0.717) is 11.3 Å². The lowest BCUT2D eigenvalue weighted by Crippen LogP contribution is -2.20. The van der Waals surface area contributed by atoms with Crippen LogP contribution >= 0.6 is 0 Å². The number of carbonyl (C=O) groups is 2. The molecule has 21 heavy (non-hydrogen) atoms. The molecule has 0 spiro atoms. The minimum atomic E-state index is -0.969. The fraction of sp³-hybridized carbons (Fsp3) is 0.176. The van der Waals surface area contributed by atoms with Crippen molar-refractivity contribution in [2.45, 2.75) is 19.4 Å². The van der Waals surface area contributed by atoms with Crippen molar-refractivity contribution in [3.63, 3.8) is 0 Å². The van der Waals surface area contributed by atoms with Crippen LogP contribution in [0.5, 0.6) is 5.75 Å². The summed E-state index contributed by atoms with van der Waals surface area (Å²) in [5.41, 5.74) is 2.67. The first-order valence-corrected chi connectivity index (χ1v) is 6.68. The van der Waals surface area contributed by atoms with E-state index < -0.39 is 5.97 Å². The van der Waals surface area contributed by atoms with E-state index >= 15 is 0 Å². The van der Waals surface area contributed by atoms with Gasteiger partial charge in [-0.1, -0.05) is 23.8 Å². The van der Waals surface area contributed by atoms with E-state index in [4.69, 9.17) is 9.84 Å². The smallest absolute Gasteiger partial charge is 0.335 e. The van der Waals surface area contributed by atoms with Crippen LogP contribution in [-0.2, 0) is 0 Å². The number of benzene rings is 2. The molecule has 4 nitrogen and oxygen atoms in total. The number of fused-ring (bicyclic) bond motifs is 1. The number of ether oxygens (including phenoxy) is 1. The number of aryl methyl sites for hydroxylation is 1. The first-order valence-electron chi connectivity index (χ1n) is 6.68. The molecule has 0 bridgehead atoms. The number of hydrogen-bond donors (Lipinski definition) is 1. The third-order valence-corrected chi connectivity index (χ3v) is 3.60. The summed E-state index contributed by atoms with van der Waals surface area (Å²) in [6, 6.07) is 12.0. The lowest BCUT2D eigenvalue weighted by molar-refractivity contribution is 0.0695. The molecule has 1 heterocycles. The van der Waals surface area contributed by atoms with Crippen LogP contribution in [0.1, 0.15) is 44.4 Å². The minimum Gasteiger partial charge on any atom is -0.484 e. The number of Topliss-reactive ketones (excluding diaryl/α,β-unsaturated/α-hetero) is 1. The Labute approximate surface area is 122 Å². The number of ketones is 1. The van der Waals surface area contributed by atoms with E-state index in [-0.39, 0.29) is 23.9 Å². The summed E-state index contributed by atoms with van der Waals surface area (Å²) in [6.45, 7) is 1.93. The number of rotatable bonds is 2. The van der Waals surface area contributed by atoms with Crippen molar-refractivity contribution in [1.29, 1.82) is 0 Å². The van der Waals surface area contributed by atoms with Crippen molar-refractivity contribution >= 4 is 11.8 Å². The first kappa shape index (κ1) is 13.4. The molecular weight excluding hydrogens is 268 g/mol. The van der Waals surface area contributed by atoms with Crippen LogP contribution in [0.2, 0.25) is 0 Å². The summed E-state index contributed by atoms with van der Waals surface area (Å²) in [5.74, 6) is -0.334. The highest BCUT2D eigenvalue weighted by Gasteiger charge is 2.27. The third-order valence-electron chi connectivity index (χ3n) is 3.60. The summed E-state index contributed by atoms with van der Waals surface area (Å²) in [5, 5.41) is 8.90. The van der Waals surface area contributed by atoms with E-state index in [1.807, 2.05) is 19.1 Å². The van der Waals surface area contributed by atoms with Crippen molar-refractivity contribution in [1.82, 2.24) is 0 Å². The molecule has 1 aliphatic heterocycles. The Hall–Kier alpha value is -2.62. The number of aromatic carboxylic acids is 1. The lowest BCUT2D eigenvalue weighted by Gasteiger charge is -2.25. The molecule has 0 aromatic heterocycles. The Morgan fingerprint density at radius 3 is 2.57 bits per heavy atom. The molecule has 0 saturated carbocycles. The molecule has 4 heteroatoms. The molecule has 1 atom stereocenters. The Kier molecular flexibility index (Phi) is 3.22. The van der Waals surface area contributed by atoms with Gasteiger partial charge >= 0.3 is 5.97 Å². The highest BCUT2D eigenvalue weighted by atomic mass is 16.5. The van der Waals surface area contributed by atoms with Crippen molar-refractivity contribution in [2.75, 3.05) is 0 Å². The second-order valence-electron chi connectivity index (χ2n) is 5.16. The average Bonchev–Trinajstić information content (AvgIpc) is 2.48. The highest BCUT2D eigenvalue weighted by molar-refractivity contribution is 6.00. The Bertz CT molecular complexity index is 716. The van der Waals surface area contributed by atoms with Gasteiger partial charge in [0, 0.05) is 0 Å². The van der Waals surface area contributed by atoms with Gasteiger partial charge in [0.2, 0.25) is 0 Å². The Morgan fingerprint density at radius 1 is 1.19 bits per heavy atom. The van der Waals surface area contributed by atoms with Crippen molar-refractivity contribution < 1.29 is 19.4 Å². The van der Waals surface area contributed by atoms with Gasteiger partial charge in [0.25, 0.3) is 0 Å². The average molecular weight is 282 g/mol. The quantitative estimate of drug-likeness (QED) is 0.917. The van der Waals surface area contributed by atoms with Gasteiger partial charge in [-0.3, -0.25) is 4.79 Å². The van der Waals surface area contributed by atoms with E-state index in [9.17, 15) is 9.59 Å². The predicted molar refractivity (Wildman–Crippen MR) is 76.9 cm³/mol. The summed E-state index contributed by atoms with van der Waals surface area (Å²) >= 11 is 0. The van der Waals surface area contributed by atoms with Gasteiger partial charge < -0.3 is 9.84 Å². The largest absolute Gasteiger partial charge is 0.484 e. The van der Waals surface area contributed by atoms with E-state index in [2.05, 4.69) is 0 Å². The van der Waals surface area contributed by atoms with Gasteiger partial charge in [0.05, 0.1) is 17.5 Å². The van der Waals surface area contributed by atoms with Gasteiger partial charge in [0.15, 0.2) is 5.78 Å². The first-order chi connectivity index (χ1) is 10.0. The zero-order valence-corrected chi connectivity index (χ0v) is 11.5. The standard InChI is InChI=1S/C17H14O4/c1-10-2-7-15-13(8-10)14(18)9-16(21-15)11-3-5-12(6-4-11)17(19)20/h2-8,16H,9H2,1H3,(H,19,20). The van der Waals surface area contributed by atoms with Crippen LogP contribution in [0.4, 0.5) is 0 Å². The summed E-state index contributed by atoms with van der Waals surface area (Å²) in [4.78, 5) is 23.1. The molecule has 2 aromatic rings. The fourth-order valence-corrected chi connectivity index (χ4v) is 2.46. The molecule has 106 valence electrons. The van der Waals surface area contributed by atoms with E-state index in [0.717, 1.165) is 11.1 Å². The van der Waals surface area contributed by atoms with Gasteiger partial charge in [-0.15, -0.1) is 0 Å². The summed E-state index contributed by atoms with van der Waals surface area (Å²) < 4.78 is 5.88. The van der Waals surface area contributed by atoms with Crippen LogP contribution in [0.25, 0.3) is 0 Å². The summed E-state index contributed by atoms with van der Waals surface area (Å²) in [6.07, 6.45) is -0.0985. The topological polar surface area (TPSA) is 63.6 Å². The second-order valence-corrected chi connectivity index (χ2v) is 5.16.